The average molecular weight is 197 g/mol. The van der Waals surface area contributed by atoms with Gasteiger partial charge in [-0.1, -0.05) is 11.3 Å². The van der Waals surface area contributed by atoms with Crippen LogP contribution in [0.5, 0.6) is 0 Å². The van der Waals surface area contributed by atoms with Crippen LogP contribution < -0.4 is 10.2 Å². The molecular weight excluding hydrogens is 186 g/mol. The van der Waals surface area contributed by atoms with Gasteiger partial charge in [-0.05, 0) is 6.92 Å². The maximum absolute atomic E-state index is 10.7. The second kappa shape index (κ2) is 4.80. The highest BCUT2D eigenvalue weighted by molar-refractivity contribution is 7.07. The maximum atomic E-state index is 10.7. The first-order valence-corrected chi connectivity index (χ1v) is 4.87. The van der Waals surface area contributed by atoms with Gasteiger partial charge in [0.05, 0.1) is 12.0 Å². The summed E-state index contributed by atoms with van der Waals surface area (Å²) in [5.74, 6) is 0.00496. The predicted molar refractivity (Wildman–Crippen MR) is 51.4 cm³/mol. The topological polar surface area (TPSA) is 68.7 Å². The van der Waals surface area contributed by atoms with E-state index in [1.54, 1.807) is 5.38 Å². The van der Waals surface area contributed by atoms with Crippen LogP contribution in [0.15, 0.2) is 10.2 Å². The van der Waals surface area contributed by atoms with Gasteiger partial charge >= 0.3 is 4.87 Å². The van der Waals surface area contributed by atoms with Gasteiger partial charge in [0, 0.05) is 24.2 Å². The molecule has 1 aromatic heterocycles. The Morgan fingerprint density at radius 1 is 1.85 bits per heavy atom. The summed E-state index contributed by atoms with van der Waals surface area (Å²) >= 11 is 1.15. The van der Waals surface area contributed by atoms with E-state index in [1.807, 2.05) is 6.92 Å². The Morgan fingerprint density at radius 3 is 3.15 bits per heavy atom. The molecule has 0 bridgehead atoms. The quantitative estimate of drug-likeness (QED) is 0.746. The number of aromatic nitrogens is 1. The van der Waals surface area contributed by atoms with E-state index in [0.717, 1.165) is 17.0 Å². The first-order chi connectivity index (χ1) is 6.22. The van der Waals surface area contributed by atoms with E-state index in [-0.39, 0.29) is 10.8 Å². The number of nitrogens with one attached hydrogen (secondary N) is 2. The number of hydrogen-bond acceptors (Lipinski definition) is 4. The van der Waals surface area contributed by atoms with Crippen LogP contribution in [-0.4, -0.2) is 11.5 Å². The summed E-state index contributed by atoms with van der Waals surface area (Å²) < 4.78 is 0. The van der Waals surface area contributed by atoms with E-state index in [0.29, 0.717) is 13.1 Å². The van der Waals surface area contributed by atoms with Gasteiger partial charge in [0.1, 0.15) is 0 Å². The number of H-pyrrole nitrogens is 1. The third-order valence-electron chi connectivity index (χ3n) is 1.56. The SMILES string of the molecule is CC(C#N)CNCc1csc(=O)[nH]1. The zero-order valence-corrected chi connectivity index (χ0v) is 8.15. The lowest BCUT2D eigenvalue weighted by atomic mass is 10.2. The Morgan fingerprint density at radius 2 is 2.62 bits per heavy atom. The highest BCUT2D eigenvalue weighted by Gasteiger charge is 1.99. The zero-order valence-electron chi connectivity index (χ0n) is 7.33. The molecule has 1 unspecified atom stereocenters. The van der Waals surface area contributed by atoms with Crippen molar-refractivity contribution in [2.24, 2.45) is 5.92 Å². The molecule has 0 saturated heterocycles. The van der Waals surface area contributed by atoms with E-state index in [9.17, 15) is 4.79 Å². The summed E-state index contributed by atoms with van der Waals surface area (Å²) in [5.41, 5.74) is 0.875. The summed E-state index contributed by atoms with van der Waals surface area (Å²) in [6.07, 6.45) is 0. The molecule has 0 aliphatic rings. The molecule has 1 heterocycles. The lowest BCUT2D eigenvalue weighted by molar-refractivity contribution is 0.596. The predicted octanol–water partition coefficient (Wildman–Crippen LogP) is 0.686. The summed E-state index contributed by atoms with van der Waals surface area (Å²) in [7, 11) is 0. The van der Waals surface area contributed by atoms with Gasteiger partial charge in [-0.15, -0.1) is 0 Å². The molecule has 4 nitrogen and oxygen atoms in total. The van der Waals surface area contributed by atoms with Crippen molar-refractivity contribution in [1.82, 2.24) is 10.3 Å². The van der Waals surface area contributed by atoms with Crippen LogP contribution in [0.3, 0.4) is 0 Å². The molecule has 0 radical (unpaired) electrons. The molecule has 0 aliphatic carbocycles. The van der Waals surface area contributed by atoms with Crippen molar-refractivity contribution in [3.05, 3.63) is 20.7 Å². The van der Waals surface area contributed by atoms with Crippen LogP contribution in [0.25, 0.3) is 0 Å². The number of nitriles is 1. The monoisotopic (exact) mass is 197 g/mol. The molecule has 70 valence electrons. The largest absolute Gasteiger partial charge is 0.315 e. The van der Waals surface area contributed by atoms with Crippen molar-refractivity contribution in [1.29, 1.82) is 5.26 Å². The second-order valence-corrected chi connectivity index (χ2v) is 3.68. The molecule has 0 amide bonds. The Labute approximate surface area is 80.2 Å². The molecule has 0 fully saturated rings. The lowest BCUT2D eigenvalue weighted by Crippen LogP contribution is -2.20. The Balaban J connectivity index is 2.29. The van der Waals surface area contributed by atoms with Crippen molar-refractivity contribution < 1.29 is 0 Å². The van der Waals surface area contributed by atoms with Crippen molar-refractivity contribution in [3.63, 3.8) is 0 Å². The molecule has 1 aromatic rings. The number of hydrogen-bond donors (Lipinski definition) is 2. The first kappa shape index (κ1) is 9.96. The van der Waals surface area contributed by atoms with Crippen LogP contribution in [0.2, 0.25) is 0 Å². The molecule has 1 atom stereocenters. The van der Waals surface area contributed by atoms with Crippen LogP contribution in [0.1, 0.15) is 12.6 Å². The highest BCUT2D eigenvalue weighted by Crippen LogP contribution is 1.95. The third kappa shape index (κ3) is 3.40. The van der Waals surface area contributed by atoms with Crippen LogP contribution in [-0.2, 0) is 6.54 Å². The zero-order chi connectivity index (χ0) is 9.68. The van der Waals surface area contributed by atoms with E-state index in [2.05, 4.69) is 16.4 Å². The maximum Gasteiger partial charge on any atom is 0.304 e. The van der Waals surface area contributed by atoms with E-state index in [1.165, 1.54) is 0 Å². The average Bonchev–Trinajstić information content (AvgIpc) is 2.51. The number of aromatic amines is 1. The standard InChI is InChI=1S/C8H11N3OS/c1-6(2-9)3-10-4-7-5-13-8(12)11-7/h5-6,10H,3-4H2,1H3,(H,11,12). The van der Waals surface area contributed by atoms with Crippen molar-refractivity contribution in [3.8, 4) is 6.07 Å². The minimum Gasteiger partial charge on any atom is -0.315 e. The fraction of sp³-hybridized carbons (Fsp3) is 0.500. The van der Waals surface area contributed by atoms with Gasteiger partial charge in [-0.25, -0.2) is 0 Å². The number of rotatable bonds is 4. The molecule has 5 heteroatoms. The highest BCUT2D eigenvalue weighted by atomic mass is 32.1. The Kier molecular flexibility index (Phi) is 3.68. The molecular formula is C8H11N3OS. The molecule has 1 rings (SSSR count). The molecule has 0 saturated carbocycles. The van der Waals surface area contributed by atoms with Crippen molar-refractivity contribution in [2.45, 2.75) is 13.5 Å². The Hall–Kier alpha value is -1.12. The van der Waals surface area contributed by atoms with Gasteiger partial charge in [-0.3, -0.25) is 4.79 Å². The summed E-state index contributed by atoms with van der Waals surface area (Å²) in [6, 6.07) is 2.12. The molecule has 13 heavy (non-hydrogen) atoms. The summed E-state index contributed by atoms with van der Waals surface area (Å²) in [5, 5.41) is 13.4. The van der Waals surface area contributed by atoms with Crippen LogP contribution in [0.4, 0.5) is 0 Å². The summed E-state index contributed by atoms with van der Waals surface area (Å²) in [4.78, 5) is 13.4. The van der Waals surface area contributed by atoms with Crippen molar-refractivity contribution in [2.75, 3.05) is 6.54 Å². The minimum atomic E-state index is -0.0369. The van der Waals surface area contributed by atoms with Gasteiger partial charge in [-0.2, -0.15) is 5.26 Å². The lowest BCUT2D eigenvalue weighted by Gasteiger charge is -2.02. The minimum absolute atomic E-state index is 0.00496. The molecule has 0 aliphatic heterocycles. The van der Waals surface area contributed by atoms with Gasteiger partial charge in [0.2, 0.25) is 0 Å². The third-order valence-corrected chi connectivity index (χ3v) is 2.28. The first-order valence-electron chi connectivity index (χ1n) is 3.99. The van der Waals surface area contributed by atoms with E-state index in [4.69, 9.17) is 5.26 Å². The normalized spacial score (nSPS) is 12.3. The van der Waals surface area contributed by atoms with Gasteiger partial charge in [0.15, 0.2) is 0 Å². The smallest absolute Gasteiger partial charge is 0.304 e. The van der Waals surface area contributed by atoms with Crippen LogP contribution in [0, 0.1) is 17.2 Å². The van der Waals surface area contributed by atoms with Crippen molar-refractivity contribution >= 4 is 11.3 Å². The number of nitrogens with zero attached hydrogens (tertiary/aromatic N) is 1. The fourth-order valence-corrected chi connectivity index (χ4v) is 1.45. The number of thiazole rings is 1. The Bertz CT molecular complexity index is 349. The molecule has 0 spiro atoms. The molecule has 0 aromatic carbocycles. The fourth-order valence-electron chi connectivity index (χ4n) is 0.870. The van der Waals surface area contributed by atoms with Crippen LogP contribution >= 0.6 is 11.3 Å². The van der Waals surface area contributed by atoms with Gasteiger partial charge < -0.3 is 10.3 Å². The van der Waals surface area contributed by atoms with Gasteiger partial charge in [0.25, 0.3) is 0 Å². The van der Waals surface area contributed by atoms with E-state index >= 15 is 0 Å². The van der Waals surface area contributed by atoms with E-state index < -0.39 is 0 Å². The summed E-state index contributed by atoms with van der Waals surface area (Å²) in [6.45, 7) is 3.11. The second-order valence-electron chi connectivity index (χ2n) is 2.83. The molecule has 2 N–H and O–H groups in total.